The predicted molar refractivity (Wildman–Crippen MR) is 39.9 cm³/mol. The first-order valence-electron chi connectivity index (χ1n) is 2.76. The minimum atomic E-state index is -0.799. The van der Waals surface area contributed by atoms with Gasteiger partial charge in [0.1, 0.15) is 11.9 Å². The Balaban J connectivity index is 2.98. The lowest BCUT2D eigenvalue weighted by molar-refractivity contribution is 0.289. The van der Waals surface area contributed by atoms with Crippen molar-refractivity contribution in [3.8, 4) is 0 Å². The summed E-state index contributed by atoms with van der Waals surface area (Å²) in [5, 5.41) is 18.2. The van der Waals surface area contributed by atoms with Crippen LogP contribution in [0.15, 0.2) is 24.0 Å². The fraction of sp³-hybridized carbons (Fsp3) is 0.167. The third-order valence-corrected chi connectivity index (χ3v) is 1.86. The number of rotatable bonds is 0. The topological polar surface area (TPSA) is 57.5 Å². The van der Waals surface area contributed by atoms with Gasteiger partial charge in [-0.2, -0.15) is 0 Å². The van der Waals surface area contributed by atoms with E-state index < -0.39 is 14.2 Å². The van der Waals surface area contributed by atoms with Gasteiger partial charge in [-0.05, 0) is 18.2 Å². The van der Waals surface area contributed by atoms with Gasteiger partial charge in [-0.25, -0.2) is 0 Å². The van der Waals surface area contributed by atoms with Crippen molar-refractivity contribution in [2.24, 2.45) is 0 Å². The monoisotopic (exact) mass is 158 g/mol. The van der Waals surface area contributed by atoms with Crippen LogP contribution in [-0.4, -0.2) is 21.6 Å². The van der Waals surface area contributed by atoms with Crippen molar-refractivity contribution < 1.29 is 14.8 Å². The molecule has 0 aliphatic heterocycles. The summed E-state index contributed by atoms with van der Waals surface area (Å²) in [6, 6.07) is 0. The molecule has 0 fully saturated rings. The van der Waals surface area contributed by atoms with Crippen LogP contribution in [0.2, 0.25) is 0 Å². The lowest BCUT2D eigenvalue weighted by Crippen LogP contribution is -2.16. The van der Waals surface area contributed by atoms with E-state index in [1.165, 1.54) is 18.2 Å². The van der Waals surface area contributed by atoms with E-state index in [9.17, 15) is 4.57 Å². The van der Waals surface area contributed by atoms with Crippen LogP contribution in [0.4, 0.5) is 0 Å². The van der Waals surface area contributed by atoms with E-state index in [0.717, 1.165) is 0 Å². The highest BCUT2D eigenvalue weighted by molar-refractivity contribution is 7.28. The summed E-state index contributed by atoms with van der Waals surface area (Å²) in [6.07, 6.45) is 3.26. The molecule has 54 valence electrons. The van der Waals surface area contributed by atoms with E-state index in [4.69, 9.17) is 10.2 Å². The molecule has 1 aliphatic carbocycles. The smallest absolute Gasteiger partial charge is 0.116 e. The summed E-state index contributed by atoms with van der Waals surface area (Å²) in [4.78, 5) is 0. The van der Waals surface area contributed by atoms with E-state index in [0.29, 0.717) is 5.29 Å². The van der Waals surface area contributed by atoms with Crippen LogP contribution in [0.5, 0.6) is 0 Å². The molecule has 0 amide bonds. The quantitative estimate of drug-likeness (QED) is 0.506. The van der Waals surface area contributed by atoms with Crippen molar-refractivity contribution in [1.82, 2.24) is 0 Å². The van der Waals surface area contributed by atoms with Crippen molar-refractivity contribution in [3.05, 3.63) is 24.0 Å². The minimum Gasteiger partial charge on any atom is -0.508 e. The van der Waals surface area contributed by atoms with Gasteiger partial charge in [0.2, 0.25) is 0 Å². The zero-order chi connectivity index (χ0) is 7.56. The van der Waals surface area contributed by atoms with Crippen molar-refractivity contribution in [2.75, 3.05) is 0 Å². The molecule has 0 saturated carbocycles. The summed E-state index contributed by atoms with van der Waals surface area (Å²) < 4.78 is 10.3. The van der Waals surface area contributed by atoms with E-state index in [1.54, 1.807) is 0 Å². The second-order valence-corrected chi connectivity index (χ2v) is 2.71. The highest BCUT2D eigenvalue weighted by Gasteiger charge is 2.09. The molecule has 3 nitrogen and oxygen atoms in total. The Hall–Kier alpha value is -0.790. The molecule has 0 aromatic rings. The molecule has 0 radical (unpaired) electrons. The van der Waals surface area contributed by atoms with Gasteiger partial charge in [0.15, 0.2) is 0 Å². The van der Waals surface area contributed by atoms with E-state index in [-0.39, 0.29) is 5.76 Å². The zero-order valence-corrected chi connectivity index (χ0v) is 6.11. The van der Waals surface area contributed by atoms with Crippen molar-refractivity contribution >= 4 is 13.4 Å². The van der Waals surface area contributed by atoms with Gasteiger partial charge in [0.05, 0.1) is 8.08 Å². The van der Waals surface area contributed by atoms with Gasteiger partial charge in [-0.15, -0.1) is 0 Å². The maximum Gasteiger partial charge on any atom is 0.116 e. The third-order valence-electron chi connectivity index (χ3n) is 1.19. The number of hydrogen-bond acceptors (Lipinski definition) is 3. The highest BCUT2D eigenvalue weighted by atomic mass is 31.0. The van der Waals surface area contributed by atoms with Gasteiger partial charge in [-0.3, -0.25) is 4.57 Å². The first-order valence-corrected chi connectivity index (χ1v) is 3.67. The Morgan fingerprint density at radius 3 is 2.80 bits per heavy atom. The summed E-state index contributed by atoms with van der Waals surface area (Å²) in [5.74, 6) is 0.0312. The number of allylic oxidation sites excluding steroid dienone is 1. The van der Waals surface area contributed by atoms with Crippen LogP contribution in [0.1, 0.15) is 0 Å². The molecule has 0 spiro atoms. The Morgan fingerprint density at radius 2 is 2.30 bits per heavy atom. The zero-order valence-electron chi connectivity index (χ0n) is 5.11. The molecule has 1 rings (SSSR count). The Morgan fingerprint density at radius 1 is 1.60 bits per heavy atom. The molecule has 0 bridgehead atoms. The Bertz CT molecular complexity index is 248. The van der Waals surface area contributed by atoms with Crippen LogP contribution in [-0.2, 0) is 4.57 Å². The molecule has 2 atom stereocenters. The van der Waals surface area contributed by atoms with Crippen LogP contribution >= 0.6 is 8.08 Å². The van der Waals surface area contributed by atoms with Crippen LogP contribution in [0, 0.1) is 0 Å². The maximum absolute atomic E-state index is 10.3. The lowest BCUT2D eigenvalue weighted by atomic mass is 10.1. The summed E-state index contributed by atoms with van der Waals surface area (Å²) in [5.41, 5.74) is 0. The summed E-state index contributed by atoms with van der Waals surface area (Å²) >= 11 is 0. The predicted octanol–water partition coefficient (Wildman–Crippen LogP) is 0.555. The van der Waals surface area contributed by atoms with Gasteiger partial charge >= 0.3 is 0 Å². The Labute approximate surface area is 59.1 Å². The normalized spacial score (nSPS) is 25.1. The molecule has 0 aromatic carbocycles. The number of hydrogen-bond donors (Lipinski definition) is 2. The van der Waals surface area contributed by atoms with Gasteiger partial charge in [-0.1, -0.05) is 0 Å². The molecule has 0 heterocycles. The second-order valence-electron chi connectivity index (χ2n) is 1.93. The van der Waals surface area contributed by atoms with Crippen molar-refractivity contribution in [1.29, 1.82) is 0 Å². The first-order chi connectivity index (χ1) is 4.74. The molecule has 10 heavy (non-hydrogen) atoms. The van der Waals surface area contributed by atoms with Crippen LogP contribution in [0.25, 0.3) is 0 Å². The fourth-order valence-electron chi connectivity index (χ4n) is 0.676. The standard InChI is InChI=1S/C6H7O3P/c7-4-1-2-5(8)6(3-4)10-9/h1-3,5,7-8,10H. The first kappa shape index (κ1) is 7.32. The van der Waals surface area contributed by atoms with E-state index in [2.05, 4.69) is 0 Å². The van der Waals surface area contributed by atoms with Crippen LogP contribution in [0.3, 0.4) is 0 Å². The molecule has 0 aromatic heterocycles. The molecular formula is C6H7O3P. The summed E-state index contributed by atoms with van der Waals surface area (Å²) in [6.45, 7) is 0. The van der Waals surface area contributed by atoms with E-state index >= 15 is 0 Å². The number of aliphatic hydroxyl groups is 2. The van der Waals surface area contributed by atoms with Crippen molar-refractivity contribution in [3.63, 3.8) is 0 Å². The third kappa shape index (κ3) is 1.38. The number of aliphatic hydroxyl groups excluding tert-OH is 2. The average Bonchev–Trinajstić information content (AvgIpc) is 1.94. The van der Waals surface area contributed by atoms with Gasteiger partial charge in [0.25, 0.3) is 0 Å². The fourth-order valence-corrected chi connectivity index (χ4v) is 1.10. The second kappa shape index (κ2) is 2.86. The molecule has 2 N–H and O–H groups in total. The van der Waals surface area contributed by atoms with Gasteiger partial charge in [0, 0.05) is 5.29 Å². The van der Waals surface area contributed by atoms with Gasteiger partial charge < -0.3 is 10.2 Å². The average molecular weight is 158 g/mol. The Kier molecular flexibility index (Phi) is 2.10. The molecular weight excluding hydrogens is 151 g/mol. The molecule has 2 unspecified atom stereocenters. The van der Waals surface area contributed by atoms with Crippen molar-refractivity contribution in [2.45, 2.75) is 6.10 Å². The van der Waals surface area contributed by atoms with E-state index in [1.807, 2.05) is 0 Å². The summed E-state index contributed by atoms with van der Waals surface area (Å²) in [7, 11) is -0.698. The highest BCUT2D eigenvalue weighted by Crippen LogP contribution is 2.08. The lowest BCUT2D eigenvalue weighted by Gasteiger charge is -2.07. The molecule has 1 aliphatic rings. The SMILES string of the molecule is O=[PH]=C1C=C(O)C=CC1O. The van der Waals surface area contributed by atoms with Crippen LogP contribution < -0.4 is 0 Å². The minimum absolute atomic E-state index is 0.0312. The molecule has 0 saturated heterocycles. The maximum atomic E-state index is 10.3. The largest absolute Gasteiger partial charge is 0.508 e. The molecule has 4 heteroatoms.